The topological polar surface area (TPSA) is 26.3 Å². The van der Waals surface area contributed by atoms with Crippen molar-refractivity contribution in [1.82, 2.24) is 0 Å². The van der Waals surface area contributed by atoms with Gasteiger partial charge >= 0.3 is 0 Å². The minimum absolute atomic E-state index is 0.266. The number of hydrogen-bond donors (Lipinski definition) is 0. The first kappa shape index (κ1) is 20.4. The van der Waals surface area contributed by atoms with Crippen LogP contribution in [0, 0.1) is 0 Å². The Morgan fingerprint density at radius 2 is 1.43 bits per heavy atom. The molecule has 0 aromatic rings. The van der Waals surface area contributed by atoms with E-state index in [0.717, 1.165) is 19.1 Å². The van der Waals surface area contributed by atoms with Gasteiger partial charge in [0.2, 0.25) is 0 Å². The third-order valence-electron chi connectivity index (χ3n) is 3.98. The SMILES string of the molecule is CCCCCCCC/C=C\CCCCC(CCC=O)OC. The minimum atomic E-state index is 0.266. The Kier molecular flexibility index (Phi) is 16.9. The molecule has 0 aliphatic carbocycles. The number of rotatable bonds is 16. The maximum atomic E-state index is 10.3. The number of aldehydes is 1. The number of unbranched alkanes of at least 4 members (excludes halogenated alkanes) is 8. The van der Waals surface area contributed by atoms with Crippen molar-refractivity contribution in [3.05, 3.63) is 12.2 Å². The highest BCUT2D eigenvalue weighted by Gasteiger charge is 2.05. The summed E-state index contributed by atoms with van der Waals surface area (Å²) in [6.07, 6.45) is 21.6. The maximum Gasteiger partial charge on any atom is 0.120 e. The van der Waals surface area contributed by atoms with Gasteiger partial charge < -0.3 is 9.53 Å². The molecule has 0 saturated carbocycles. The first-order valence-electron chi connectivity index (χ1n) is 8.96. The molecule has 1 unspecified atom stereocenters. The van der Waals surface area contributed by atoms with E-state index in [1.807, 2.05) is 0 Å². The molecule has 0 aromatic heterocycles. The normalized spacial score (nSPS) is 12.9. The quantitative estimate of drug-likeness (QED) is 0.203. The van der Waals surface area contributed by atoms with Crippen molar-refractivity contribution < 1.29 is 9.53 Å². The zero-order chi connectivity index (χ0) is 15.6. The molecule has 124 valence electrons. The van der Waals surface area contributed by atoms with Gasteiger partial charge in [0.05, 0.1) is 6.10 Å². The summed E-state index contributed by atoms with van der Waals surface area (Å²) in [7, 11) is 1.75. The van der Waals surface area contributed by atoms with Gasteiger partial charge in [-0.05, 0) is 38.5 Å². The summed E-state index contributed by atoms with van der Waals surface area (Å²) in [5, 5.41) is 0. The van der Waals surface area contributed by atoms with Crippen molar-refractivity contribution in [3.8, 4) is 0 Å². The van der Waals surface area contributed by atoms with Crippen molar-refractivity contribution in [2.75, 3.05) is 7.11 Å². The Balaban J connectivity index is 3.29. The van der Waals surface area contributed by atoms with Crippen LogP contribution in [0.4, 0.5) is 0 Å². The van der Waals surface area contributed by atoms with Crippen molar-refractivity contribution in [1.29, 1.82) is 0 Å². The van der Waals surface area contributed by atoms with Crippen LogP contribution in [-0.2, 0) is 9.53 Å². The second kappa shape index (κ2) is 17.4. The number of carbonyl (C=O) groups excluding carboxylic acids is 1. The molecule has 0 spiro atoms. The highest BCUT2D eigenvalue weighted by molar-refractivity contribution is 5.49. The molecule has 0 saturated heterocycles. The van der Waals surface area contributed by atoms with Crippen LogP contribution >= 0.6 is 0 Å². The summed E-state index contributed by atoms with van der Waals surface area (Å²) in [6.45, 7) is 2.26. The number of carbonyl (C=O) groups is 1. The number of methoxy groups -OCH3 is 1. The van der Waals surface area contributed by atoms with Crippen LogP contribution in [0.3, 0.4) is 0 Å². The molecule has 2 heteroatoms. The third kappa shape index (κ3) is 15.6. The summed E-state index contributed by atoms with van der Waals surface area (Å²) in [5.41, 5.74) is 0. The van der Waals surface area contributed by atoms with E-state index in [4.69, 9.17) is 4.74 Å². The van der Waals surface area contributed by atoms with E-state index in [1.165, 1.54) is 64.2 Å². The fourth-order valence-electron chi connectivity index (χ4n) is 2.55. The van der Waals surface area contributed by atoms with Crippen LogP contribution < -0.4 is 0 Å². The molecule has 0 radical (unpaired) electrons. The smallest absolute Gasteiger partial charge is 0.120 e. The fourth-order valence-corrected chi connectivity index (χ4v) is 2.55. The lowest BCUT2D eigenvalue weighted by molar-refractivity contribution is -0.108. The van der Waals surface area contributed by atoms with E-state index in [0.29, 0.717) is 6.42 Å². The molecule has 0 heterocycles. The minimum Gasteiger partial charge on any atom is -0.381 e. The van der Waals surface area contributed by atoms with Crippen LogP contribution in [0.15, 0.2) is 12.2 Å². The molecule has 0 amide bonds. The van der Waals surface area contributed by atoms with Crippen molar-refractivity contribution in [3.63, 3.8) is 0 Å². The van der Waals surface area contributed by atoms with Crippen LogP contribution in [0.1, 0.15) is 90.4 Å². The first-order valence-corrected chi connectivity index (χ1v) is 8.96. The van der Waals surface area contributed by atoms with Gasteiger partial charge in [-0.15, -0.1) is 0 Å². The van der Waals surface area contributed by atoms with Gasteiger partial charge in [0.1, 0.15) is 6.29 Å². The summed E-state index contributed by atoms with van der Waals surface area (Å²) >= 11 is 0. The molecule has 0 fully saturated rings. The number of hydrogen-bond acceptors (Lipinski definition) is 2. The van der Waals surface area contributed by atoms with Crippen molar-refractivity contribution in [2.45, 2.75) is 96.5 Å². The zero-order valence-corrected chi connectivity index (χ0v) is 14.3. The Morgan fingerprint density at radius 3 is 2.05 bits per heavy atom. The third-order valence-corrected chi connectivity index (χ3v) is 3.98. The molecule has 1 atom stereocenters. The van der Waals surface area contributed by atoms with E-state index in [9.17, 15) is 4.79 Å². The summed E-state index contributed by atoms with van der Waals surface area (Å²) in [5.74, 6) is 0. The zero-order valence-electron chi connectivity index (χ0n) is 14.3. The van der Waals surface area contributed by atoms with Crippen LogP contribution in [0.2, 0.25) is 0 Å². The van der Waals surface area contributed by atoms with Gasteiger partial charge in [0, 0.05) is 13.5 Å². The molecule has 0 rings (SSSR count). The number of ether oxygens (including phenoxy) is 1. The second-order valence-electron chi connectivity index (χ2n) is 5.91. The highest BCUT2D eigenvalue weighted by Crippen LogP contribution is 2.12. The molecule has 0 bridgehead atoms. The lowest BCUT2D eigenvalue weighted by atomic mass is 10.1. The largest absolute Gasteiger partial charge is 0.381 e. The molecule has 0 N–H and O–H groups in total. The molecule has 0 aromatic carbocycles. The Labute approximate surface area is 132 Å². The van der Waals surface area contributed by atoms with Crippen LogP contribution in [0.25, 0.3) is 0 Å². The standard InChI is InChI=1S/C19H36O2/c1-3-4-5-6-7-8-9-10-11-12-13-14-16-19(21-2)17-15-18-20/h10-11,18-19H,3-9,12-17H2,1-2H3/b11-10-. The van der Waals surface area contributed by atoms with Gasteiger partial charge in [0.15, 0.2) is 0 Å². The van der Waals surface area contributed by atoms with E-state index < -0.39 is 0 Å². The van der Waals surface area contributed by atoms with Gasteiger partial charge in [-0.1, -0.05) is 57.6 Å². The number of allylic oxidation sites excluding steroid dienone is 2. The van der Waals surface area contributed by atoms with Gasteiger partial charge in [0.25, 0.3) is 0 Å². The maximum absolute atomic E-state index is 10.3. The first-order chi connectivity index (χ1) is 10.3. The Hall–Kier alpha value is -0.630. The van der Waals surface area contributed by atoms with Crippen molar-refractivity contribution in [2.24, 2.45) is 0 Å². The Morgan fingerprint density at radius 1 is 0.810 bits per heavy atom. The van der Waals surface area contributed by atoms with Crippen molar-refractivity contribution >= 4 is 6.29 Å². The molecule has 2 nitrogen and oxygen atoms in total. The highest BCUT2D eigenvalue weighted by atomic mass is 16.5. The lowest BCUT2D eigenvalue weighted by Gasteiger charge is -2.12. The summed E-state index contributed by atoms with van der Waals surface area (Å²) in [6, 6.07) is 0. The average molecular weight is 296 g/mol. The molecule has 21 heavy (non-hydrogen) atoms. The van der Waals surface area contributed by atoms with E-state index in [1.54, 1.807) is 7.11 Å². The van der Waals surface area contributed by atoms with Crippen LogP contribution in [-0.4, -0.2) is 19.5 Å². The molecular formula is C19H36O2. The van der Waals surface area contributed by atoms with Gasteiger partial charge in [-0.2, -0.15) is 0 Å². The predicted octanol–water partition coefficient (Wildman–Crippen LogP) is 5.85. The monoisotopic (exact) mass is 296 g/mol. The summed E-state index contributed by atoms with van der Waals surface area (Å²) in [4.78, 5) is 10.3. The summed E-state index contributed by atoms with van der Waals surface area (Å²) < 4.78 is 5.38. The Bertz CT molecular complexity index is 236. The lowest BCUT2D eigenvalue weighted by Crippen LogP contribution is -2.10. The predicted molar refractivity (Wildman–Crippen MR) is 91.7 cm³/mol. The average Bonchev–Trinajstić information content (AvgIpc) is 2.51. The van der Waals surface area contributed by atoms with Gasteiger partial charge in [-0.3, -0.25) is 0 Å². The van der Waals surface area contributed by atoms with E-state index >= 15 is 0 Å². The molecule has 0 aliphatic heterocycles. The van der Waals surface area contributed by atoms with E-state index in [2.05, 4.69) is 19.1 Å². The second-order valence-corrected chi connectivity index (χ2v) is 5.91. The molecule has 0 aliphatic rings. The fraction of sp³-hybridized carbons (Fsp3) is 0.842. The van der Waals surface area contributed by atoms with Gasteiger partial charge in [-0.25, -0.2) is 0 Å². The van der Waals surface area contributed by atoms with Crippen LogP contribution in [0.5, 0.6) is 0 Å². The molecular weight excluding hydrogens is 260 g/mol. The van der Waals surface area contributed by atoms with E-state index in [-0.39, 0.29) is 6.10 Å².